The molecule has 0 saturated heterocycles. The lowest BCUT2D eigenvalue weighted by atomic mass is 9.83. The zero-order valence-electron chi connectivity index (χ0n) is 10.9. The van der Waals surface area contributed by atoms with Crippen molar-refractivity contribution in [3.63, 3.8) is 0 Å². The number of nitrogens with one attached hydrogen (secondary N) is 1. The van der Waals surface area contributed by atoms with Gasteiger partial charge in [-0.15, -0.1) is 11.3 Å². The smallest absolute Gasteiger partial charge is 0.226 e. The predicted molar refractivity (Wildman–Crippen MR) is 74.4 cm³/mol. The molecule has 18 heavy (non-hydrogen) atoms. The Kier molecular flexibility index (Phi) is 4.22. The molecule has 1 aliphatic carbocycles. The van der Waals surface area contributed by atoms with Gasteiger partial charge >= 0.3 is 0 Å². The molecule has 5 heteroatoms. The number of carbonyl (C=O) groups excluding carboxylic acids is 1. The van der Waals surface area contributed by atoms with E-state index in [0.717, 1.165) is 18.7 Å². The highest BCUT2D eigenvalue weighted by molar-refractivity contribution is 7.13. The van der Waals surface area contributed by atoms with E-state index >= 15 is 0 Å². The van der Waals surface area contributed by atoms with Gasteiger partial charge in [0.25, 0.3) is 0 Å². The summed E-state index contributed by atoms with van der Waals surface area (Å²) in [5.41, 5.74) is 6.66. The second-order valence-corrected chi connectivity index (χ2v) is 6.08. The lowest BCUT2D eigenvalue weighted by Crippen LogP contribution is -2.36. The highest BCUT2D eigenvalue weighted by Crippen LogP contribution is 2.40. The normalized spacial score (nSPS) is 17.8. The first-order valence-electron chi connectivity index (χ1n) is 6.60. The predicted octanol–water partition coefficient (Wildman–Crippen LogP) is 2.35. The van der Waals surface area contributed by atoms with Crippen LogP contribution in [0.3, 0.4) is 0 Å². The Morgan fingerprint density at radius 2 is 2.28 bits per heavy atom. The van der Waals surface area contributed by atoms with E-state index in [-0.39, 0.29) is 5.91 Å². The van der Waals surface area contributed by atoms with Gasteiger partial charge in [-0.05, 0) is 24.7 Å². The molecule has 3 N–H and O–H groups in total. The van der Waals surface area contributed by atoms with Gasteiger partial charge in [-0.2, -0.15) is 0 Å². The Labute approximate surface area is 112 Å². The minimum absolute atomic E-state index is 0.0556. The first-order valence-corrected chi connectivity index (χ1v) is 7.48. The molecular formula is C13H21N3OS. The van der Waals surface area contributed by atoms with E-state index in [2.05, 4.69) is 17.2 Å². The fraction of sp³-hybridized carbons (Fsp3) is 0.692. The second-order valence-electron chi connectivity index (χ2n) is 5.19. The summed E-state index contributed by atoms with van der Waals surface area (Å²) in [5.74, 6) is 0.0556. The van der Waals surface area contributed by atoms with Crippen molar-refractivity contribution in [3.05, 3.63) is 11.1 Å². The summed E-state index contributed by atoms with van der Waals surface area (Å²) in [7, 11) is 0. The number of hydrogen-bond acceptors (Lipinski definition) is 4. The highest BCUT2D eigenvalue weighted by Gasteiger charge is 2.32. The Morgan fingerprint density at radius 1 is 1.56 bits per heavy atom. The van der Waals surface area contributed by atoms with Gasteiger partial charge in [0.05, 0.1) is 12.1 Å². The van der Waals surface area contributed by atoms with Gasteiger partial charge in [-0.3, -0.25) is 4.79 Å². The molecule has 1 aromatic rings. The van der Waals surface area contributed by atoms with Gasteiger partial charge in [0.2, 0.25) is 5.91 Å². The lowest BCUT2D eigenvalue weighted by Gasteiger charge is -2.27. The SMILES string of the molecule is CCC1(CNC(=O)Cc2csc(N)n2)CCCC1. The summed E-state index contributed by atoms with van der Waals surface area (Å²) in [5, 5.41) is 5.43. The summed E-state index contributed by atoms with van der Waals surface area (Å²) in [6.07, 6.45) is 6.57. The topological polar surface area (TPSA) is 68.0 Å². The van der Waals surface area contributed by atoms with Crippen molar-refractivity contribution >= 4 is 22.4 Å². The van der Waals surface area contributed by atoms with Crippen molar-refractivity contribution in [2.24, 2.45) is 5.41 Å². The summed E-state index contributed by atoms with van der Waals surface area (Å²) < 4.78 is 0. The first kappa shape index (κ1) is 13.3. The van der Waals surface area contributed by atoms with E-state index in [0.29, 0.717) is 17.0 Å². The van der Waals surface area contributed by atoms with Crippen LogP contribution in [0.2, 0.25) is 0 Å². The first-order chi connectivity index (χ1) is 8.63. The van der Waals surface area contributed by atoms with Gasteiger partial charge in [0, 0.05) is 11.9 Å². The van der Waals surface area contributed by atoms with Crippen LogP contribution in [0, 0.1) is 5.41 Å². The number of amides is 1. The Morgan fingerprint density at radius 3 is 2.83 bits per heavy atom. The van der Waals surface area contributed by atoms with E-state index in [4.69, 9.17) is 5.73 Å². The van der Waals surface area contributed by atoms with Gasteiger partial charge in [0.15, 0.2) is 5.13 Å². The Balaban J connectivity index is 1.81. The van der Waals surface area contributed by atoms with Crippen LogP contribution in [0.15, 0.2) is 5.38 Å². The maximum absolute atomic E-state index is 11.8. The third-order valence-electron chi connectivity index (χ3n) is 3.99. The van der Waals surface area contributed by atoms with Gasteiger partial charge in [-0.25, -0.2) is 4.98 Å². The van der Waals surface area contributed by atoms with Gasteiger partial charge < -0.3 is 11.1 Å². The fourth-order valence-electron chi connectivity index (χ4n) is 2.70. The average molecular weight is 267 g/mol. The second kappa shape index (κ2) is 5.69. The molecule has 0 bridgehead atoms. The molecule has 1 amide bonds. The molecule has 1 heterocycles. The van der Waals surface area contributed by atoms with Crippen molar-refractivity contribution < 1.29 is 4.79 Å². The third kappa shape index (κ3) is 3.22. The molecule has 0 unspecified atom stereocenters. The van der Waals surface area contributed by atoms with Crippen LogP contribution in [0.4, 0.5) is 5.13 Å². The molecule has 0 spiro atoms. The number of rotatable bonds is 5. The Bertz CT molecular complexity index is 410. The molecule has 2 rings (SSSR count). The van der Waals surface area contributed by atoms with E-state index in [1.165, 1.54) is 37.0 Å². The van der Waals surface area contributed by atoms with E-state index in [1.54, 1.807) is 0 Å². The van der Waals surface area contributed by atoms with E-state index in [1.807, 2.05) is 5.38 Å². The average Bonchev–Trinajstić information content (AvgIpc) is 2.97. The molecule has 1 saturated carbocycles. The molecule has 0 aromatic carbocycles. The highest BCUT2D eigenvalue weighted by atomic mass is 32.1. The standard InChI is InChI=1S/C13H21N3OS/c1-2-13(5-3-4-6-13)9-15-11(17)7-10-8-18-12(14)16-10/h8H,2-7,9H2,1H3,(H2,14,16)(H,15,17). The summed E-state index contributed by atoms with van der Waals surface area (Å²) in [6.45, 7) is 3.03. The summed E-state index contributed by atoms with van der Waals surface area (Å²) >= 11 is 1.38. The summed E-state index contributed by atoms with van der Waals surface area (Å²) in [6, 6.07) is 0. The molecular weight excluding hydrogens is 246 g/mol. The molecule has 0 radical (unpaired) electrons. The maximum atomic E-state index is 11.8. The summed E-state index contributed by atoms with van der Waals surface area (Å²) in [4.78, 5) is 16.0. The minimum atomic E-state index is 0.0556. The molecule has 0 atom stereocenters. The van der Waals surface area contributed by atoms with Crippen molar-refractivity contribution in [1.82, 2.24) is 10.3 Å². The zero-order chi connectivity index (χ0) is 13.0. The van der Waals surface area contributed by atoms with Crippen LogP contribution in [0.25, 0.3) is 0 Å². The van der Waals surface area contributed by atoms with E-state index in [9.17, 15) is 4.79 Å². The van der Waals surface area contributed by atoms with Crippen LogP contribution in [-0.2, 0) is 11.2 Å². The number of thiazole rings is 1. The van der Waals surface area contributed by atoms with Crippen LogP contribution in [0.5, 0.6) is 0 Å². The largest absolute Gasteiger partial charge is 0.375 e. The van der Waals surface area contributed by atoms with Gasteiger partial charge in [0.1, 0.15) is 0 Å². The van der Waals surface area contributed by atoms with Crippen LogP contribution in [0.1, 0.15) is 44.7 Å². The number of hydrogen-bond donors (Lipinski definition) is 2. The number of nitrogens with two attached hydrogens (primary N) is 1. The quantitative estimate of drug-likeness (QED) is 0.860. The van der Waals surface area contributed by atoms with Crippen molar-refractivity contribution in [3.8, 4) is 0 Å². The zero-order valence-corrected chi connectivity index (χ0v) is 11.7. The van der Waals surface area contributed by atoms with Crippen molar-refractivity contribution in [2.45, 2.75) is 45.4 Å². The number of nitrogen functional groups attached to an aromatic ring is 1. The Hall–Kier alpha value is -1.10. The number of carbonyl (C=O) groups is 1. The number of anilines is 1. The molecule has 1 fully saturated rings. The monoisotopic (exact) mass is 267 g/mol. The number of nitrogens with zero attached hydrogens (tertiary/aromatic N) is 1. The van der Waals surface area contributed by atoms with E-state index < -0.39 is 0 Å². The molecule has 1 aliphatic rings. The molecule has 100 valence electrons. The van der Waals surface area contributed by atoms with Crippen molar-refractivity contribution in [1.29, 1.82) is 0 Å². The molecule has 1 aromatic heterocycles. The fourth-order valence-corrected chi connectivity index (χ4v) is 3.26. The molecule has 4 nitrogen and oxygen atoms in total. The van der Waals surface area contributed by atoms with Crippen molar-refractivity contribution in [2.75, 3.05) is 12.3 Å². The number of aromatic nitrogens is 1. The lowest BCUT2D eigenvalue weighted by molar-refractivity contribution is -0.121. The van der Waals surface area contributed by atoms with Crippen LogP contribution >= 0.6 is 11.3 Å². The maximum Gasteiger partial charge on any atom is 0.226 e. The third-order valence-corrected chi connectivity index (χ3v) is 4.71. The van der Waals surface area contributed by atoms with Crippen LogP contribution in [-0.4, -0.2) is 17.4 Å². The minimum Gasteiger partial charge on any atom is -0.375 e. The van der Waals surface area contributed by atoms with Crippen LogP contribution < -0.4 is 11.1 Å². The van der Waals surface area contributed by atoms with Gasteiger partial charge in [-0.1, -0.05) is 19.8 Å². The molecule has 0 aliphatic heterocycles.